The van der Waals surface area contributed by atoms with Gasteiger partial charge in [-0.3, -0.25) is 19.2 Å². The lowest BCUT2D eigenvalue weighted by atomic mass is 9.40. The summed E-state index contributed by atoms with van der Waals surface area (Å²) in [5, 5.41) is 0. The molecule has 0 unspecified atom stereocenters. The first-order valence-electron chi connectivity index (χ1n) is 17.6. The predicted molar refractivity (Wildman–Crippen MR) is 173 cm³/mol. The van der Waals surface area contributed by atoms with E-state index in [0.717, 1.165) is 44.9 Å². The van der Waals surface area contributed by atoms with Crippen LogP contribution >= 0.6 is 0 Å². The molecule has 0 amide bonds. The number of carbonyl (C=O) groups excluding carboxylic acids is 4. The minimum atomic E-state index is -1.20. The summed E-state index contributed by atoms with van der Waals surface area (Å²) >= 11 is 0. The number of hydrogen-bond acceptors (Lipinski definition) is 8. The number of hydrogen-bond donors (Lipinski definition) is 0. The standard InChI is InChI=1S/C38H58O8/c1-21(2)22(3)12-13-23(4)27-14-15-35(9)32-28(44-24(5)39)18-29-36(10,33(42)43-11)30(45-25(6)40)19-31(46-26(7)41)38(29)20-37(32,38)17-16-34(27,35)8/h21,23,27-32H,3,12-20H2,1-2,4-11H3/t23-,27-,28+,29+,30+,31+,32+,34-,35+,36+,37+,38-/m1/s1. The first-order chi connectivity index (χ1) is 21.4. The van der Waals surface area contributed by atoms with Crippen molar-refractivity contribution in [2.45, 2.75) is 138 Å². The number of methoxy groups -OCH3 is 1. The fourth-order valence-corrected chi connectivity index (χ4v) is 12.4. The number of esters is 4. The zero-order valence-corrected chi connectivity index (χ0v) is 30.0. The number of rotatable bonds is 9. The van der Waals surface area contributed by atoms with Crippen molar-refractivity contribution in [3.63, 3.8) is 0 Å². The van der Waals surface area contributed by atoms with E-state index in [-0.39, 0.29) is 46.4 Å². The Morgan fingerprint density at radius 1 is 0.826 bits per heavy atom. The van der Waals surface area contributed by atoms with E-state index in [1.807, 2.05) is 6.92 Å². The van der Waals surface area contributed by atoms with E-state index < -0.39 is 41.1 Å². The van der Waals surface area contributed by atoms with Crippen molar-refractivity contribution < 1.29 is 38.1 Å². The van der Waals surface area contributed by atoms with E-state index in [4.69, 9.17) is 18.9 Å². The van der Waals surface area contributed by atoms with Gasteiger partial charge in [0.1, 0.15) is 23.7 Å². The molecule has 0 heterocycles. The van der Waals surface area contributed by atoms with Gasteiger partial charge in [0.2, 0.25) is 0 Å². The van der Waals surface area contributed by atoms with Gasteiger partial charge in [0.15, 0.2) is 0 Å². The van der Waals surface area contributed by atoms with Crippen LogP contribution in [-0.4, -0.2) is 49.3 Å². The predicted octanol–water partition coefficient (Wildman–Crippen LogP) is 7.22. The van der Waals surface area contributed by atoms with Gasteiger partial charge in [0.25, 0.3) is 0 Å². The monoisotopic (exact) mass is 642 g/mol. The molecular formula is C38H58O8. The fourth-order valence-electron chi connectivity index (χ4n) is 12.4. The van der Waals surface area contributed by atoms with Crippen LogP contribution in [0.1, 0.15) is 120 Å². The maximum absolute atomic E-state index is 13.8. The third-order valence-corrected chi connectivity index (χ3v) is 14.7. The third kappa shape index (κ3) is 4.80. The van der Waals surface area contributed by atoms with Crippen molar-refractivity contribution in [1.82, 2.24) is 0 Å². The van der Waals surface area contributed by atoms with Crippen LogP contribution in [0.4, 0.5) is 0 Å². The van der Waals surface area contributed by atoms with Crippen LogP contribution in [0, 0.1) is 56.7 Å². The van der Waals surface area contributed by atoms with Gasteiger partial charge in [-0.05, 0) is 98.2 Å². The molecule has 8 heteroatoms. The van der Waals surface area contributed by atoms with Crippen LogP contribution in [0.2, 0.25) is 0 Å². The smallest absolute Gasteiger partial charge is 0.315 e. The van der Waals surface area contributed by atoms with Crippen molar-refractivity contribution in [2.24, 2.45) is 56.7 Å². The molecule has 0 radical (unpaired) electrons. The summed E-state index contributed by atoms with van der Waals surface area (Å²) in [6, 6.07) is 0. The van der Waals surface area contributed by atoms with Crippen molar-refractivity contribution >= 4 is 23.9 Å². The number of fused-ring (bicyclic) bond motifs is 2. The molecule has 0 aromatic rings. The molecule has 5 aliphatic carbocycles. The minimum absolute atomic E-state index is 0.0358. The quantitative estimate of drug-likeness (QED) is 0.147. The summed E-state index contributed by atoms with van der Waals surface area (Å²) in [7, 11) is 1.37. The van der Waals surface area contributed by atoms with Gasteiger partial charge in [0, 0.05) is 38.5 Å². The van der Waals surface area contributed by atoms with E-state index in [9.17, 15) is 19.2 Å². The highest BCUT2D eigenvalue weighted by Gasteiger charge is 2.88. The number of ether oxygens (including phenoxy) is 4. The van der Waals surface area contributed by atoms with Gasteiger partial charge in [-0.25, -0.2) is 0 Å². The third-order valence-electron chi connectivity index (χ3n) is 14.7. The Kier molecular flexibility index (Phi) is 8.85. The van der Waals surface area contributed by atoms with Gasteiger partial charge in [-0.1, -0.05) is 46.8 Å². The average Bonchev–Trinajstić information content (AvgIpc) is 3.55. The molecule has 12 atom stereocenters. The van der Waals surface area contributed by atoms with E-state index in [2.05, 4.69) is 41.2 Å². The Bertz CT molecular complexity index is 1290. The molecular weight excluding hydrogens is 584 g/mol. The van der Waals surface area contributed by atoms with E-state index in [0.29, 0.717) is 24.2 Å². The largest absolute Gasteiger partial charge is 0.468 e. The van der Waals surface area contributed by atoms with Crippen LogP contribution in [0.5, 0.6) is 0 Å². The summed E-state index contributed by atoms with van der Waals surface area (Å²) in [4.78, 5) is 51.7. The molecule has 0 saturated heterocycles. The Morgan fingerprint density at radius 2 is 1.43 bits per heavy atom. The highest BCUT2D eigenvalue weighted by atomic mass is 16.6. The van der Waals surface area contributed by atoms with Crippen molar-refractivity contribution in [1.29, 1.82) is 0 Å². The van der Waals surface area contributed by atoms with E-state index in [1.165, 1.54) is 33.5 Å². The molecule has 0 bridgehead atoms. The summed E-state index contributed by atoms with van der Waals surface area (Å²) < 4.78 is 23.8. The first kappa shape index (κ1) is 34.9. The normalized spacial score (nSPS) is 44.4. The maximum atomic E-state index is 13.8. The van der Waals surface area contributed by atoms with Crippen LogP contribution in [0.3, 0.4) is 0 Å². The van der Waals surface area contributed by atoms with Gasteiger partial charge < -0.3 is 18.9 Å². The summed E-state index contributed by atoms with van der Waals surface area (Å²) in [6.45, 7) is 22.2. The fraction of sp³-hybridized carbons (Fsp3) is 0.842. The number of allylic oxidation sites excluding steroid dienone is 1. The summed E-state index contributed by atoms with van der Waals surface area (Å²) in [5.41, 5.74) is -0.773. The van der Waals surface area contributed by atoms with Crippen LogP contribution < -0.4 is 0 Å². The van der Waals surface area contributed by atoms with Crippen molar-refractivity contribution in [3.8, 4) is 0 Å². The molecule has 258 valence electrons. The molecule has 0 aliphatic heterocycles. The zero-order valence-electron chi connectivity index (χ0n) is 30.0. The van der Waals surface area contributed by atoms with E-state index >= 15 is 0 Å². The maximum Gasteiger partial charge on any atom is 0.315 e. The molecule has 2 spiro atoms. The van der Waals surface area contributed by atoms with Crippen molar-refractivity contribution in [2.75, 3.05) is 7.11 Å². The second kappa shape index (κ2) is 11.6. The Labute approximate surface area is 276 Å². The minimum Gasteiger partial charge on any atom is -0.468 e. The molecule has 5 aliphatic rings. The highest BCUT2D eigenvalue weighted by molar-refractivity contribution is 5.79. The molecule has 0 N–H and O–H groups in total. The van der Waals surface area contributed by atoms with Gasteiger partial charge in [-0.2, -0.15) is 0 Å². The highest BCUT2D eigenvalue weighted by Crippen LogP contribution is 2.89. The molecule has 46 heavy (non-hydrogen) atoms. The van der Waals surface area contributed by atoms with Gasteiger partial charge in [-0.15, -0.1) is 0 Å². The van der Waals surface area contributed by atoms with Gasteiger partial charge in [0.05, 0.1) is 7.11 Å². The lowest BCUT2D eigenvalue weighted by Gasteiger charge is -2.65. The Morgan fingerprint density at radius 3 is 2.00 bits per heavy atom. The lowest BCUT2D eigenvalue weighted by Crippen LogP contribution is -2.67. The second-order valence-electron chi connectivity index (χ2n) is 16.8. The van der Waals surface area contributed by atoms with Crippen molar-refractivity contribution in [3.05, 3.63) is 12.2 Å². The van der Waals surface area contributed by atoms with Crippen LogP contribution in [0.25, 0.3) is 0 Å². The lowest BCUT2D eigenvalue weighted by molar-refractivity contribution is -0.244. The molecule has 5 saturated carbocycles. The summed E-state index contributed by atoms with van der Waals surface area (Å²) in [5.74, 6) is -0.446. The molecule has 0 aromatic carbocycles. The molecule has 5 fully saturated rings. The SMILES string of the molecule is C=C(CC[C@@H](C)[C@H]1CC[C@@]2(C)[C@@H]3[C@@H](OC(C)=O)C[C@H]4[C@](C)(C(=O)OC)[C@@H](OC(C)=O)C[C@H](OC(C)=O)[C@@]45C[C@@]35CC[C@]12C)C(C)C. The Hall–Kier alpha value is -2.38. The number of carbonyl (C=O) groups is 4. The first-order valence-corrected chi connectivity index (χ1v) is 17.6. The summed E-state index contributed by atoms with van der Waals surface area (Å²) in [6.07, 6.45) is 5.91. The average molecular weight is 643 g/mol. The molecule has 8 nitrogen and oxygen atoms in total. The molecule has 5 rings (SSSR count). The Balaban J connectivity index is 1.60. The van der Waals surface area contributed by atoms with E-state index in [1.54, 1.807) is 0 Å². The second-order valence-corrected chi connectivity index (χ2v) is 16.8. The van der Waals surface area contributed by atoms with Crippen LogP contribution in [-0.2, 0) is 38.1 Å². The topological polar surface area (TPSA) is 105 Å². The zero-order chi connectivity index (χ0) is 34.2. The van der Waals surface area contributed by atoms with Gasteiger partial charge >= 0.3 is 23.9 Å². The molecule has 0 aromatic heterocycles. The van der Waals surface area contributed by atoms with Crippen LogP contribution in [0.15, 0.2) is 12.2 Å².